The molecule has 1 amide bonds. The van der Waals surface area contributed by atoms with Crippen LogP contribution >= 0.6 is 0 Å². The monoisotopic (exact) mass is 319 g/mol. The zero-order valence-corrected chi connectivity index (χ0v) is 11.7. The lowest BCUT2D eigenvalue weighted by molar-refractivity contribution is 0.0455. The topological polar surface area (TPSA) is 96.7 Å². The smallest absolute Gasteiger partial charge is 0.259 e. The number of nitrogens with zero attached hydrogens (tertiary/aromatic N) is 4. The largest absolute Gasteiger partial charge is 0.409 e. The number of halogens is 2. The van der Waals surface area contributed by atoms with E-state index in [1.54, 1.807) is 0 Å². The van der Waals surface area contributed by atoms with E-state index < -0.39 is 17.5 Å². The summed E-state index contributed by atoms with van der Waals surface area (Å²) in [6.45, 7) is 0.416. The summed E-state index contributed by atoms with van der Waals surface area (Å²) in [5.74, 6) is -3.06. The highest BCUT2D eigenvalue weighted by molar-refractivity contribution is 6.01. The van der Waals surface area contributed by atoms with E-state index in [4.69, 9.17) is 10.9 Å². The van der Waals surface area contributed by atoms with Crippen LogP contribution in [-0.4, -0.2) is 37.9 Å². The number of hydrogen-bond donors (Lipinski definition) is 2. The first-order chi connectivity index (χ1) is 11.0. The van der Waals surface area contributed by atoms with Crippen LogP contribution in [0.15, 0.2) is 23.6 Å². The van der Waals surface area contributed by atoms with Gasteiger partial charge in [-0.2, -0.15) is 0 Å². The van der Waals surface area contributed by atoms with Crippen LogP contribution in [0, 0.1) is 11.6 Å². The summed E-state index contributed by atoms with van der Waals surface area (Å²) < 4.78 is 29.3. The van der Waals surface area contributed by atoms with Crippen molar-refractivity contribution in [2.75, 3.05) is 6.54 Å². The molecule has 9 heteroatoms. The summed E-state index contributed by atoms with van der Waals surface area (Å²) in [7, 11) is 0. The van der Waals surface area contributed by atoms with Gasteiger partial charge in [-0.05, 0) is 18.6 Å². The molecular weight excluding hydrogens is 308 g/mol. The molecule has 3 heterocycles. The van der Waals surface area contributed by atoms with Crippen LogP contribution in [0.5, 0.6) is 0 Å². The van der Waals surface area contributed by atoms with Crippen molar-refractivity contribution in [2.45, 2.75) is 12.5 Å². The Morgan fingerprint density at radius 1 is 1.43 bits per heavy atom. The van der Waals surface area contributed by atoms with E-state index in [0.717, 1.165) is 6.07 Å². The van der Waals surface area contributed by atoms with Crippen molar-refractivity contribution in [1.82, 2.24) is 14.5 Å². The minimum Gasteiger partial charge on any atom is -0.409 e. The molecule has 2 aliphatic heterocycles. The highest BCUT2D eigenvalue weighted by atomic mass is 19.2. The number of hydrogen-bond acceptors (Lipinski definition) is 4. The number of rotatable bonds is 1. The SMILES string of the molecule is N/C(=N\O)c1ncn2c1[C@@H]1CCN1C(=O)c1c-2ccc(F)c1F. The van der Waals surface area contributed by atoms with E-state index in [-0.39, 0.29) is 28.8 Å². The van der Waals surface area contributed by atoms with Crippen LogP contribution in [-0.2, 0) is 0 Å². The maximum absolute atomic E-state index is 14.2. The van der Waals surface area contributed by atoms with E-state index in [0.29, 0.717) is 18.7 Å². The molecule has 1 fully saturated rings. The van der Waals surface area contributed by atoms with Crippen LogP contribution in [0.1, 0.15) is 34.2 Å². The molecule has 1 saturated heterocycles. The lowest BCUT2D eigenvalue weighted by Gasteiger charge is -2.39. The number of fused-ring (bicyclic) bond motifs is 5. The average Bonchev–Trinajstić information content (AvgIpc) is 2.89. The molecule has 0 bridgehead atoms. The van der Waals surface area contributed by atoms with Gasteiger partial charge in [0.25, 0.3) is 5.91 Å². The van der Waals surface area contributed by atoms with Gasteiger partial charge in [0.2, 0.25) is 0 Å². The van der Waals surface area contributed by atoms with E-state index in [9.17, 15) is 13.6 Å². The number of amidine groups is 1. The third kappa shape index (κ3) is 1.64. The molecule has 23 heavy (non-hydrogen) atoms. The second kappa shape index (κ2) is 4.51. The molecule has 4 rings (SSSR count). The quantitative estimate of drug-likeness (QED) is 0.356. The number of oxime groups is 1. The number of carbonyl (C=O) groups excluding carboxylic acids is 1. The summed E-state index contributed by atoms with van der Waals surface area (Å²) in [5, 5.41) is 11.8. The summed E-state index contributed by atoms with van der Waals surface area (Å²) in [6, 6.07) is 1.89. The summed E-state index contributed by atoms with van der Waals surface area (Å²) in [5.41, 5.74) is 6.22. The molecule has 0 spiro atoms. The van der Waals surface area contributed by atoms with Crippen molar-refractivity contribution in [2.24, 2.45) is 10.9 Å². The van der Waals surface area contributed by atoms with Gasteiger partial charge in [-0.3, -0.25) is 9.36 Å². The second-order valence-electron chi connectivity index (χ2n) is 5.39. The summed E-state index contributed by atoms with van der Waals surface area (Å²) in [4.78, 5) is 18.1. The Hall–Kier alpha value is -2.97. The molecule has 0 unspecified atom stereocenters. The molecule has 1 aromatic heterocycles. The van der Waals surface area contributed by atoms with Crippen molar-refractivity contribution >= 4 is 11.7 Å². The fourth-order valence-electron chi connectivity index (χ4n) is 3.12. The molecule has 0 radical (unpaired) electrons. The van der Waals surface area contributed by atoms with Gasteiger partial charge in [0.05, 0.1) is 17.4 Å². The van der Waals surface area contributed by atoms with Gasteiger partial charge in [-0.1, -0.05) is 5.16 Å². The minimum absolute atomic E-state index is 0.183. The van der Waals surface area contributed by atoms with E-state index in [2.05, 4.69) is 10.1 Å². The van der Waals surface area contributed by atoms with Crippen LogP contribution in [0.2, 0.25) is 0 Å². The molecule has 1 atom stereocenters. The van der Waals surface area contributed by atoms with Crippen molar-refractivity contribution in [1.29, 1.82) is 0 Å². The third-order valence-corrected chi connectivity index (χ3v) is 4.30. The predicted molar refractivity (Wildman–Crippen MR) is 74.4 cm³/mol. The number of nitrogens with two attached hydrogens (primary N) is 1. The van der Waals surface area contributed by atoms with Gasteiger partial charge in [-0.15, -0.1) is 0 Å². The Morgan fingerprint density at radius 2 is 2.22 bits per heavy atom. The number of aromatic nitrogens is 2. The Morgan fingerprint density at radius 3 is 2.87 bits per heavy atom. The summed E-state index contributed by atoms with van der Waals surface area (Å²) in [6.07, 6.45) is 1.98. The van der Waals surface area contributed by atoms with Crippen molar-refractivity contribution in [3.05, 3.63) is 47.0 Å². The van der Waals surface area contributed by atoms with Crippen LogP contribution in [0.25, 0.3) is 5.69 Å². The van der Waals surface area contributed by atoms with Gasteiger partial charge < -0.3 is 15.8 Å². The summed E-state index contributed by atoms with van der Waals surface area (Å²) >= 11 is 0. The van der Waals surface area contributed by atoms with E-state index in [1.165, 1.54) is 21.9 Å². The maximum atomic E-state index is 14.2. The first-order valence-corrected chi connectivity index (χ1v) is 6.89. The van der Waals surface area contributed by atoms with Gasteiger partial charge >= 0.3 is 0 Å². The van der Waals surface area contributed by atoms with Gasteiger partial charge in [0.15, 0.2) is 17.5 Å². The molecule has 2 aliphatic rings. The first-order valence-electron chi connectivity index (χ1n) is 6.89. The van der Waals surface area contributed by atoms with Crippen molar-refractivity contribution in [3.8, 4) is 5.69 Å². The van der Waals surface area contributed by atoms with E-state index >= 15 is 0 Å². The average molecular weight is 319 g/mol. The molecule has 1 aromatic carbocycles. The normalized spacial score (nSPS) is 19.6. The highest BCUT2D eigenvalue weighted by Crippen LogP contribution is 2.41. The molecule has 0 aliphatic carbocycles. The number of imidazole rings is 1. The first kappa shape index (κ1) is 13.7. The Labute approximate surface area is 128 Å². The van der Waals surface area contributed by atoms with Crippen molar-refractivity contribution < 1.29 is 18.8 Å². The Bertz CT molecular complexity index is 876. The molecular formula is C14H11F2N5O2. The molecule has 118 valence electrons. The molecule has 2 aromatic rings. The fourth-order valence-corrected chi connectivity index (χ4v) is 3.12. The molecule has 7 nitrogen and oxygen atoms in total. The zero-order valence-electron chi connectivity index (χ0n) is 11.7. The van der Waals surface area contributed by atoms with Crippen LogP contribution in [0.3, 0.4) is 0 Å². The Kier molecular flexibility index (Phi) is 2.68. The second-order valence-corrected chi connectivity index (χ2v) is 5.39. The zero-order chi connectivity index (χ0) is 16.3. The predicted octanol–water partition coefficient (Wildman–Crippen LogP) is 1.15. The number of benzene rings is 1. The van der Waals surface area contributed by atoms with E-state index in [1.807, 2.05) is 0 Å². The lowest BCUT2D eigenvalue weighted by atomic mass is 9.97. The van der Waals surface area contributed by atoms with Gasteiger partial charge in [-0.25, -0.2) is 13.8 Å². The minimum atomic E-state index is -1.19. The fraction of sp³-hybridized carbons (Fsp3) is 0.214. The van der Waals surface area contributed by atoms with Crippen molar-refractivity contribution in [3.63, 3.8) is 0 Å². The van der Waals surface area contributed by atoms with Crippen LogP contribution in [0.4, 0.5) is 8.78 Å². The molecule has 3 N–H and O–H groups in total. The maximum Gasteiger partial charge on any atom is 0.259 e. The van der Waals surface area contributed by atoms with Gasteiger partial charge in [0.1, 0.15) is 17.6 Å². The highest BCUT2D eigenvalue weighted by Gasteiger charge is 2.43. The number of carbonyl (C=O) groups is 1. The number of amides is 1. The van der Waals surface area contributed by atoms with Crippen LogP contribution < -0.4 is 5.73 Å². The lowest BCUT2D eigenvalue weighted by Crippen LogP contribution is -2.45. The Balaban J connectivity index is 2.06. The standard InChI is InChI=1S/C14H11F2N5O2/c15-6-1-2-7-9(10(6)16)14(22)20-4-3-8(20)12-11(13(17)19-23)18-5-21(7)12/h1-2,5,8,23H,3-4H2,(H2,17,19)/t8-/m0/s1. The third-order valence-electron chi connectivity index (χ3n) is 4.30. The van der Waals surface area contributed by atoms with Gasteiger partial charge in [0, 0.05) is 6.54 Å². The molecule has 0 saturated carbocycles.